The zero-order valence-corrected chi connectivity index (χ0v) is 15.6. The van der Waals surface area contributed by atoms with Crippen molar-refractivity contribution in [2.75, 3.05) is 19.8 Å². The highest BCUT2D eigenvalue weighted by Gasteiger charge is 2.36. The van der Waals surface area contributed by atoms with E-state index in [1.165, 1.54) is 0 Å². The maximum Gasteiger partial charge on any atom is 0.218 e. The van der Waals surface area contributed by atoms with E-state index in [2.05, 4.69) is 6.07 Å². The minimum Gasteiger partial charge on any atom is -0.486 e. The lowest BCUT2D eigenvalue weighted by Crippen LogP contribution is -2.32. The van der Waals surface area contributed by atoms with Gasteiger partial charge in [0.25, 0.3) is 0 Å². The minimum absolute atomic E-state index is 0.169. The molecule has 0 bridgehead atoms. The number of hydrogen-bond donors (Lipinski definition) is 0. The SMILES string of the molecule is N#Cc1ccccc1CS(=O)(=O)N1CCC[C@H]1c1ccc2c(c1)OCCO2. The maximum atomic E-state index is 13.1. The summed E-state index contributed by atoms with van der Waals surface area (Å²) in [5, 5.41) is 9.24. The molecule has 0 spiro atoms. The Morgan fingerprint density at radius 1 is 1.11 bits per heavy atom. The molecule has 1 saturated heterocycles. The Hall–Kier alpha value is -2.56. The molecule has 0 aromatic heterocycles. The molecule has 2 aliphatic rings. The third-order valence-electron chi connectivity index (χ3n) is 4.99. The Balaban J connectivity index is 1.62. The van der Waals surface area contributed by atoms with Crippen molar-refractivity contribution in [2.45, 2.75) is 24.6 Å². The van der Waals surface area contributed by atoms with E-state index >= 15 is 0 Å². The van der Waals surface area contributed by atoms with E-state index in [4.69, 9.17) is 9.47 Å². The van der Waals surface area contributed by atoms with Gasteiger partial charge in [0, 0.05) is 12.6 Å². The molecule has 0 aliphatic carbocycles. The fourth-order valence-electron chi connectivity index (χ4n) is 3.71. The molecular weight excluding hydrogens is 364 g/mol. The van der Waals surface area contributed by atoms with Crippen LogP contribution in [-0.4, -0.2) is 32.5 Å². The molecule has 6 nitrogen and oxygen atoms in total. The first-order valence-electron chi connectivity index (χ1n) is 8.95. The van der Waals surface area contributed by atoms with E-state index in [1.807, 2.05) is 18.2 Å². The van der Waals surface area contributed by atoms with Gasteiger partial charge in [-0.2, -0.15) is 9.57 Å². The van der Waals surface area contributed by atoms with Crippen LogP contribution in [0.5, 0.6) is 11.5 Å². The average Bonchev–Trinajstić information content (AvgIpc) is 3.19. The number of ether oxygens (including phenoxy) is 2. The summed E-state index contributed by atoms with van der Waals surface area (Å²) in [6, 6.07) is 14.3. The molecule has 2 aliphatic heterocycles. The highest BCUT2D eigenvalue weighted by Crippen LogP contribution is 2.39. The van der Waals surface area contributed by atoms with Gasteiger partial charge in [0.1, 0.15) is 13.2 Å². The predicted octanol–water partition coefficient (Wildman–Crippen LogP) is 3.00. The normalized spacial score (nSPS) is 19.6. The second-order valence-electron chi connectivity index (χ2n) is 6.70. The molecule has 0 N–H and O–H groups in total. The zero-order valence-electron chi connectivity index (χ0n) is 14.8. The van der Waals surface area contributed by atoms with Crippen LogP contribution in [0, 0.1) is 11.3 Å². The second-order valence-corrected chi connectivity index (χ2v) is 8.62. The predicted molar refractivity (Wildman–Crippen MR) is 99.9 cm³/mol. The van der Waals surface area contributed by atoms with Crippen LogP contribution >= 0.6 is 0 Å². The fourth-order valence-corrected chi connectivity index (χ4v) is 5.54. The number of rotatable bonds is 4. The molecule has 2 heterocycles. The maximum absolute atomic E-state index is 13.1. The molecule has 0 amide bonds. The van der Waals surface area contributed by atoms with E-state index in [0.717, 1.165) is 18.4 Å². The number of hydrogen-bond acceptors (Lipinski definition) is 5. The van der Waals surface area contributed by atoms with Gasteiger partial charge in [-0.1, -0.05) is 24.3 Å². The van der Waals surface area contributed by atoms with Gasteiger partial charge in [0.05, 0.1) is 17.4 Å². The average molecular weight is 384 g/mol. The van der Waals surface area contributed by atoms with Crippen molar-refractivity contribution in [3.8, 4) is 17.6 Å². The Kier molecular flexibility index (Phi) is 4.77. The number of nitriles is 1. The Bertz CT molecular complexity index is 997. The van der Waals surface area contributed by atoms with Crippen molar-refractivity contribution in [1.82, 2.24) is 4.31 Å². The van der Waals surface area contributed by atoms with Gasteiger partial charge in [-0.15, -0.1) is 0 Å². The third kappa shape index (κ3) is 3.51. The number of fused-ring (bicyclic) bond motifs is 1. The lowest BCUT2D eigenvalue weighted by atomic mass is 10.0. The van der Waals surface area contributed by atoms with Gasteiger partial charge in [-0.05, 0) is 42.2 Å². The lowest BCUT2D eigenvalue weighted by molar-refractivity contribution is 0.171. The van der Waals surface area contributed by atoms with Crippen LogP contribution in [0.15, 0.2) is 42.5 Å². The summed E-state index contributed by atoms with van der Waals surface area (Å²) in [4.78, 5) is 0. The third-order valence-corrected chi connectivity index (χ3v) is 6.82. The van der Waals surface area contributed by atoms with Crippen molar-refractivity contribution in [1.29, 1.82) is 5.26 Å². The standard InChI is InChI=1S/C20H20N2O4S/c21-13-16-4-1-2-5-17(16)14-27(23,24)22-9-3-6-18(22)15-7-8-19-20(12-15)26-11-10-25-19/h1-2,4-5,7-8,12,18H,3,6,9-11,14H2/t18-/m0/s1. The molecule has 0 radical (unpaired) electrons. The quantitative estimate of drug-likeness (QED) is 0.810. The van der Waals surface area contributed by atoms with Gasteiger partial charge in [0.2, 0.25) is 10.0 Å². The molecular formula is C20H20N2O4S. The van der Waals surface area contributed by atoms with Crippen molar-refractivity contribution in [3.05, 3.63) is 59.2 Å². The summed E-state index contributed by atoms with van der Waals surface area (Å²) in [6.07, 6.45) is 1.57. The molecule has 2 aromatic rings. The van der Waals surface area contributed by atoms with Crippen LogP contribution in [0.25, 0.3) is 0 Å². The van der Waals surface area contributed by atoms with Gasteiger partial charge in [-0.25, -0.2) is 8.42 Å². The van der Waals surface area contributed by atoms with Crippen LogP contribution in [-0.2, 0) is 15.8 Å². The first-order valence-corrected chi connectivity index (χ1v) is 10.6. The molecule has 7 heteroatoms. The fraction of sp³-hybridized carbons (Fsp3) is 0.350. The summed E-state index contributed by atoms with van der Waals surface area (Å²) in [5.41, 5.74) is 1.85. The van der Waals surface area contributed by atoms with Gasteiger partial charge >= 0.3 is 0 Å². The summed E-state index contributed by atoms with van der Waals surface area (Å²) in [6.45, 7) is 1.50. The largest absolute Gasteiger partial charge is 0.486 e. The smallest absolute Gasteiger partial charge is 0.218 e. The summed E-state index contributed by atoms with van der Waals surface area (Å²) < 4.78 is 39.0. The van der Waals surface area contributed by atoms with E-state index in [1.54, 1.807) is 28.6 Å². The van der Waals surface area contributed by atoms with Gasteiger partial charge < -0.3 is 9.47 Å². The topological polar surface area (TPSA) is 79.6 Å². The van der Waals surface area contributed by atoms with Crippen LogP contribution in [0.1, 0.15) is 35.6 Å². The molecule has 1 fully saturated rings. The number of nitrogens with zero attached hydrogens (tertiary/aromatic N) is 2. The molecule has 140 valence electrons. The molecule has 2 aromatic carbocycles. The number of sulfonamides is 1. The Morgan fingerprint density at radius 2 is 1.89 bits per heavy atom. The van der Waals surface area contributed by atoms with Crippen molar-refractivity contribution >= 4 is 10.0 Å². The lowest BCUT2D eigenvalue weighted by Gasteiger charge is -2.26. The Morgan fingerprint density at radius 3 is 2.70 bits per heavy atom. The summed E-state index contributed by atoms with van der Waals surface area (Å²) in [5.74, 6) is 1.19. The summed E-state index contributed by atoms with van der Waals surface area (Å²) >= 11 is 0. The van der Waals surface area contributed by atoms with Crippen molar-refractivity contribution < 1.29 is 17.9 Å². The van der Waals surface area contributed by atoms with E-state index in [-0.39, 0.29) is 11.8 Å². The first kappa shape index (κ1) is 17.8. The van der Waals surface area contributed by atoms with Crippen molar-refractivity contribution in [2.24, 2.45) is 0 Å². The number of benzene rings is 2. The van der Waals surface area contributed by atoms with E-state index in [0.29, 0.717) is 42.4 Å². The molecule has 0 saturated carbocycles. The highest BCUT2D eigenvalue weighted by molar-refractivity contribution is 7.88. The van der Waals surface area contributed by atoms with Gasteiger partial charge in [0.15, 0.2) is 11.5 Å². The van der Waals surface area contributed by atoms with Gasteiger partial charge in [-0.3, -0.25) is 0 Å². The van der Waals surface area contributed by atoms with E-state index in [9.17, 15) is 13.7 Å². The van der Waals surface area contributed by atoms with Crippen LogP contribution in [0.4, 0.5) is 0 Å². The highest BCUT2D eigenvalue weighted by atomic mass is 32.2. The van der Waals surface area contributed by atoms with Crippen molar-refractivity contribution in [3.63, 3.8) is 0 Å². The van der Waals surface area contributed by atoms with Crippen LogP contribution in [0.3, 0.4) is 0 Å². The summed E-state index contributed by atoms with van der Waals surface area (Å²) in [7, 11) is -3.55. The Labute approximate surface area is 159 Å². The van der Waals surface area contributed by atoms with Crippen LogP contribution in [0.2, 0.25) is 0 Å². The molecule has 27 heavy (non-hydrogen) atoms. The molecule has 1 atom stereocenters. The molecule has 0 unspecified atom stereocenters. The monoisotopic (exact) mass is 384 g/mol. The molecule has 4 rings (SSSR count). The zero-order chi connectivity index (χ0) is 18.9. The minimum atomic E-state index is -3.55. The first-order chi connectivity index (χ1) is 13.1. The van der Waals surface area contributed by atoms with E-state index < -0.39 is 10.0 Å². The second kappa shape index (κ2) is 7.22. The van der Waals surface area contributed by atoms with Crippen LogP contribution < -0.4 is 9.47 Å².